The van der Waals surface area contributed by atoms with Crippen molar-refractivity contribution in [1.82, 2.24) is 0 Å². The van der Waals surface area contributed by atoms with E-state index in [1.165, 1.54) is 12.0 Å². The van der Waals surface area contributed by atoms with Crippen molar-refractivity contribution < 1.29 is 5.11 Å². The van der Waals surface area contributed by atoms with Gasteiger partial charge in [-0.2, -0.15) is 0 Å². The first-order chi connectivity index (χ1) is 7.59. The van der Waals surface area contributed by atoms with Gasteiger partial charge in [-0.05, 0) is 29.7 Å². The van der Waals surface area contributed by atoms with E-state index in [1.807, 2.05) is 6.08 Å². The molecular formula is C15H25IO. The molecule has 0 amide bonds. The maximum Gasteiger partial charge on any atom is 0.0758 e. The van der Waals surface area contributed by atoms with Crippen LogP contribution in [0.3, 0.4) is 0 Å². The van der Waals surface area contributed by atoms with Crippen LogP contribution in [0.4, 0.5) is 0 Å². The number of rotatable bonds is 3. The molecule has 0 spiro atoms. The summed E-state index contributed by atoms with van der Waals surface area (Å²) in [6, 6.07) is 0. The quantitative estimate of drug-likeness (QED) is 0.588. The number of aliphatic hydroxyl groups is 1. The smallest absolute Gasteiger partial charge is 0.0758 e. The molecule has 0 aromatic heterocycles. The van der Waals surface area contributed by atoms with Gasteiger partial charge in [0, 0.05) is 3.42 Å². The molecule has 0 heterocycles. The normalized spacial score (nSPS) is 23.5. The molecule has 0 bridgehead atoms. The van der Waals surface area contributed by atoms with Crippen LogP contribution in [0.2, 0.25) is 0 Å². The van der Waals surface area contributed by atoms with E-state index in [-0.39, 0.29) is 9.53 Å². The Balaban J connectivity index is 2.89. The average Bonchev–Trinajstić information content (AvgIpc) is 2.13. The second kappa shape index (κ2) is 5.43. The molecule has 2 heteroatoms. The topological polar surface area (TPSA) is 20.2 Å². The monoisotopic (exact) mass is 348 g/mol. The summed E-state index contributed by atoms with van der Waals surface area (Å²) in [7, 11) is 0. The zero-order chi connectivity index (χ0) is 13.3. The van der Waals surface area contributed by atoms with Crippen molar-refractivity contribution in [2.24, 2.45) is 11.3 Å². The molecule has 0 saturated carbocycles. The van der Waals surface area contributed by atoms with Crippen molar-refractivity contribution in [1.29, 1.82) is 0 Å². The van der Waals surface area contributed by atoms with Crippen molar-refractivity contribution in [3.05, 3.63) is 23.8 Å². The Labute approximate surface area is 120 Å². The molecule has 1 N–H and O–H groups in total. The second-order valence-corrected chi connectivity index (χ2v) is 9.53. The molecule has 0 saturated heterocycles. The van der Waals surface area contributed by atoms with Gasteiger partial charge in [-0.1, -0.05) is 75.4 Å². The number of aliphatic hydroxyl groups excluding tert-OH is 1. The largest absolute Gasteiger partial charge is 0.389 e. The Morgan fingerprint density at radius 2 is 1.94 bits per heavy atom. The fraction of sp³-hybridized carbons (Fsp3) is 0.733. The van der Waals surface area contributed by atoms with E-state index in [9.17, 15) is 5.11 Å². The molecular weight excluding hydrogens is 323 g/mol. The number of allylic oxidation sites excluding steroid dienone is 2. The molecule has 1 aliphatic carbocycles. The molecule has 0 aromatic carbocycles. The minimum atomic E-state index is -0.286. The van der Waals surface area contributed by atoms with Gasteiger partial charge in [0.25, 0.3) is 0 Å². The lowest BCUT2D eigenvalue weighted by Crippen LogP contribution is -2.30. The summed E-state index contributed by atoms with van der Waals surface area (Å²) in [5.74, 6) is 0.548. The number of alkyl halides is 1. The molecule has 0 radical (unpaired) electrons. The molecule has 2 unspecified atom stereocenters. The summed E-state index contributed by atoms with van der Waals surface area (Å²) in [5.41, 5.74) is 1.72. The minimum Gasteiger partial charge on any atom is -0.389 e. The lowest BCUT2D eigenvalue weighted by Gasteiger charge is -2.36. The Kier molecular flexibility index (Phi) is 4.87. The first-order valence-electron chi connectivity index (χ1n) is 6.35. The van der Waals surface area contributed by atoms with Gasteiger partial charge < -0.3 is 5.11 Å². The fourth-order valence-electron chi connectivity index (χ4n) is 2.25. The van der Waals surface area contributed by atoms with Gasteiger partial charge in [0.05, 0.1) is 6.10 Å². The molecule has 2 atom stereocenters. The van der Waals surface area contributed by atoms with Crippen LogP contribution < -0.4 is 0 Å². The third-order valence-electron chi connectivity index (χ3n) is 3.15. The van der Waals surface area contributed by atoms with E-state index in [0.29, 0.717) is 11.3 Å². The lowest BCUT2D eigenvalue weighted by atomic mass is 9.75. The fourth-order valence-corrected chi connectivity index (χ4v) is 2.83. The molecule has 0 aliphatic heterocycles. The van der Waals surface area contributed by atoms with Crippen LogP contribution in [0.25, 0.3) is 0 Å². The van der Waals surface area contributed by atoms with Crippen LogP contribution in [0.5, 0.6) is 0 Å². The van der Waals surface area contributed by atoms with Crippen molar-refractivity contribution in [3.8, 4) is 0 Å². The summed E-state index contributed by atoms with van der Waals surface area (Å²) in [4.78, 5) is 0. The van der Waals surface area contributed by atoms with Gasteiger partial charge in [-0.3, -0.25) is 0 Å². The Hall–Kier alpha value is 0.170. The summed E-state index contributed by atoms with van der Waals surface area (Å²) in [5, 5.41) is 9.51. The number of halogens is 1. The highest BCUT2D eigenvalue weighted by molar-refractivity contribution is 14.1. The van der Waals surface area contributed by atoms with E-state index in [4.69, 9.17) is 0 Å². The maximum atomic E-state index is 9.51. The van der Waals surface area contributed by atoms with E-state index >= 15 is 0 Å². The van der Waals surface area contributed by atoms with Crippen LogP contribution in [0.15, 0.2) is 23.8 Å². The van der Waals surface area contributed by atoms with Gasteiger partial charge in [0.1, 0.15) is 0 Å². The third-order valence-corrected chi connectivity index (χ3v) is 3.91. The summed E-state index contributed by atoms with van der Waals surface area (Å²) < 4.78 is 0.240. The number of hydrogen-bond acceptors (Lipinski definition) is 1. The van der Waals surface area contributed by atoms with Gasteiger partial charge >= 0.3 is 0 Å². The van der Waals surface area contributed by atoms with Crippen molar-refractivity contribution in [3.63, 3.8) is 0 Å². The molecule has 1 rings (SSSR count). The van der Waals surface area contributed by atoms with E-state index in [2.05, 4.69) is 69.4 Å². The van der Waals surface area contributed by atoms with Crippen LogP contribution in [0, 0.1) is 11.3 Å². The second-order valence-electron chi connectivity index (χ2n) is 6.75. The zero-order valence-electron chi connectivity index (χ0n) is 11.6. The predicted octanol–water partition coefficient (Wildman–Crippen LogP) is 4.50. The SMILES string of the molecule is CC(C)(C)CC(C1=CCC(O)C=C1)C(C)(C)I. The maximum absolute atomic E-state index is 9.51. The minimum absolute atomic E-state index is 0.240. The van der Waals surface area contributed by atoms with Crippen LogP contribution >= 0.6 is 22.6 Å². The summed E-state index contributed by atoms with van der Waals surface area (Å²) in [6.07, 6.45) is 7.90. The Morgan fingerprint density at radius 3 is 2.29 bits per heavy atom. The molecule has 0 aromatic rings. The molecule has 1 nitrogen and oxygen atoms in total. The van der Waals surface area contributed by atoms with Crippen LogP contribution in [-0.4, -0.2) is 14.6 Å². The molecule has 17 heavy (non-hydrogen) atoms. The highest BCUT2D eigenvalue weighted by Crippen LogP contribution is 2.41. The third kappa shape index (κ3) is 5.12. The zero-order valence-corrected chi connectivity index (χ0v) is 13.8. The van der Waals surface area contributed by atoms with Gasteiger partial charge in [-0.25, -0.2) is 0 Å². The lowest BCUT2D eigenvalue weighted by molar-refractivity contribution is 0.223. The van der Waals surface area contributed by atoms with E-state index in [1.54, 1.807) is 0 Å². The molecule has 0 fully saturated rings. The Morgan fingerprint density at radius 1 is 1.35 bits per heavy atom. The van der Waals surface area contributed by atoms with Crippen molar-refractivity contribution in [2.75, 3.05) is 0 Å². The highest BCUT2D eigenvalue weighted by Gasteiger charge is 2.32. The van der Waals surface area contributed by atoms with Crippen molar-refractivity contribution >= 4 is 22.6 Å². The predicted molar refractivity (Wildman–Crippen MR) is 83.5 cm³/mol. The average molecular weight is 348 g/mol. The first-order valence-corrected chi connectivity index (χ1v) is 7.43. The summed E-state index contributed by atoms with van der Waals surface area (Å²) >= 11 is 2.55. The standard InChI is InChI=1S/C15H25IO/c1-14(2,3)10-13(15(4,5)16)11-6-8-12(17)9-7-11/h6-8,12-13,17H,9-10H2,1-5H3. The summed E-state index contributed by atoms with van der Waals surface area (Å²) in [6.45, 7) is 11.5. The first kappa shape index (κ1) is 15.2. The van der Waals surface area contributed by atoms with Gasteiger partial charge in [0.15, 0.2) is 0 Å². The van der Waals surface area contributed by atoms with Gasteiger partial charge in [-0.15, -0.1) is 0 Å². The molecule has 1 aliphatic rings. The Bertz CT molecular complexity index is 315. The van der Waals surface area contributed by atoms with Gasteiger partial charge in [0.2, 0.25) is 0 Å². The van der Waals surface area contributed by atoms with E-state index in [0.717, 1.165) is 6.42 Å². The number of hydrogen-bond donors (Lipinski definition) is 1. The highest BCUT2D eigenvalue weighted by atomic mass is 127. The molecule has 98 valence electrons. The van der Waals surface area contributed by atoms with E-state index < -0.39 is 0 Å². The van der Waals surface area contributed by atoms with Crippen molar-refractivity contribution in [2.45, 2.75) is 57.0 Å². The van der Waals surface area contributed by atoms with Crippen LogP contribution in [-0.2, 0) is 0 Å². The van der Waals surface area contributed by atoms with Crippen LogP contribution in [0.1, 0.15) is 47.5 Å².